The summed E-state index contributed by atoms with van der Waals surface area (Å²) in [5, 5.41) is 4.35. The number of nitrogen functional groups attached to an aromatic ring is 1. The standard InChI is InChI=1S/C10H9N3OS/c11-8-6-15-13-9(8)10(14)12-7-4-2-1-3-5-7/h1-6H,11H2,(H,12,14). The van der Waals surface area contributed by atoms with Crippen molar-refractivity contribution in [1.29, 1.82) is 0 Å². The van der Waals surface area contributed by atoms with Gasteiger partial charge in [0.15, 0.2) is 5.69 Å². The van der Waals surface area contributed by atoms with E-state index in [2.05, 4.69) is 9.69 Å². The molecule has 3 N–H and O–H groups in total. The molecule has 0 atom stereocenters. The Labute approximate surface area is 90.9 Å². The number of benzene rings is 1. The monoisotopic (exact) mass is 219 g/mol. The van der Waals surface area contributed by atoms with Crippen molar-refractivity contribution in [3.63, 3.8) is 0 Å². The van der Waals surface area contributed by atoms with E-state index in [1.54, 1.807) is 17.5 Å². The number of nitrogens with one attached hydrogen (secondary N) is 1. The van der Waals surface area contributed by atoms with Crippen molar-refractivity contribution in [1.82, 2.24) is 4.37 Å². The molecule has 0 bridgehead atoms. The maximum atomic E-state index is 11.6. The minimum absolute atomic E-state index is 0.278. The van der Waals surface area contributed by atoms with Crippen LogP contribution >= 0.6 is 11.5 Å². The van der Waals surface area contributed by atoms with Gasteiger partial charge in [-0.3, -0.25) is 4.79 Å². The van der Waals surface area contributed by atoms with Crippen molar-refractivity contribution in [2.45, 2.75) is 0 Å². The lowest BCUT2D eigenvalue weighted by atomic mass is 10.3. The van der Waals surface area contributed by atoms with Gasteiger partial charge in [-0.25, -0.2) is 0 Å². The quantitative estimate of drug-likeness (QED) is 0.811. The molecule has 1 amide bonds. The summed E-state index contributed by atoms with van der Waals surface area (Å²) < 4.78 is 3.92. The second-order valence-corrected chi connectivity index (χ2v) is 3.57. The van der Waals surface area contributed by atoms with Crippen LogP contribution in [-0.4, -0.2) is 10.3 Å². The third-order valence-electron chi connectivity index (χ3n) is 1.84. The number of nitrogens with two attached hydrogens (primary N) is 1. The van der Waals surface area contributed by atoms with Crippen molar-refractivity contribution in [3.8, 4) is 0 Å². The van der Waals surface area contributed by atoms with Crippen LogP contribution in [0, 0.1) is 0 Å². The van der Waals surface area contributed by atoms with Gasteiger partial charge in [0.2, 0.25) is 0 Å². The highest BCUT2D eigenvalue weighted by Gasteiger charge is 2.12. The Morgan fingerprint density at radius 3 is 2.67 bits per heavy atom. The molecule has 0 spiro atoms. The van der Waals surface area contributed by atoms with E-state index in [1.165, 1.54) is 11.5 Å². The Morgan fingerprint density at radius 2 is 2.07 bits per heavy atom. The summed E-state index contributed by atoms with van der Waals surface area (Å²) in [7, 11) is 0. The summed E-state index contributed by atoms with van der Waals surface area (Å²) in [6, 6.07) is 9.19. The van der Waals surface area contributed by atoms with Gasteiger partial charge >= 0.3 is 0 Å². The summed E-state index contributed by atoms with van der Waals surface area (Å²) in [4.78, 5) is 11.6. The fourth-order valence-electron chi connectivity index (χ4n) is 1.13. The average molecular weight is 219 g/mol. The van der Waals surface area contributed by atoms with Gasteiger partial charge in [-0.15, -0.1) is 0 Å². The number of nitrogens with zero attached hydrogens (tertiary/aromatic N) is 1. The fraction of sp³-hybridized carbons (Fsp3) is 0. The number of hydrogen-bond acceptors (Lipinski definition) is 4. The zero-order valence-electron chi connectivity index (χ0n) is 7.81. The number of hydrogen-bond donors (Lipinski definition) is 2. The maximum absolute atomic E-state index is 11.6. The van der Waals surface area contributed by atoms with Crippen LogP contribution in [0.15, 0.2) is 35.7 Å². The Balaban J connectivity index is 2.15. The van der Waals surface area contributed by atoms with Crippen molar-refractivity contribution in [2.24, 2.45) is 0 Å². The first-order valence-electron chi connectivity index (χ1n) is 4.33. The molecule has 0 fully saturated rings. The number of carbonyl (C=O) groups is 1. The number of carbonyl (C=O) groups excluding carboxylic acids is 1. The van der Waals surface area contributed by atoms with Gasteiger partial charge in [-0.05, 0) is 23.7 Å². The number of anilines is 2. The van der Waals surface area contributed by atoms with E-state index in [9.17, 15) is 4.79 Å². The molecule has 0 saturated heterocycles. The molecule has 1 heterocycles. The Bertz CT molecular complexity index is 467. The Kier molecular flexibility index (Phi) is 2.64. The zero-order valence-corrected chi connectivity index (χ0v) is 8.62. The van der Waals surface area contributed by atoms with Gasteiger partial charge in [-0.2, -0.15) is 4.37 Å². The zero-order chi connectivity index (χ0) is 10.7. The third kappa shape index (κ3) is 2.13. The molecule has 0 aliphatic heterocycles. The predicted molar refractivity (Wildman–Crippen MR) is 60.9 cm³/mol. The highest BCUT2D eigenvalue weighted by Crippen LogP contribution is 2.14. The molecule has 1 aromatic heterocycles. The molecule has 0 unspecified atom stereocenters. The largest absolute Gasteiger partial charge is 0.396 e. The van der Waals surface area contributed by atoms with E-state index in [-0.39, 0.29) is 11.6 Å². The van der Waals surface area contributed by atoms with E-state index in [4.69, 9.17) is 5.73 Å². The normalized spacial score (nSPS) is 9.87. The highest BCUT2D eigenvalue weighted by atomic mass is 32.1. The van der Waals surface area contributed by atoms with Crippen molar-refractivity contribution in [3.05, 3.63) is 41.4 Å². The number of amides is 1. The van der Waals surface area contributed by atoms with Crippen molar-refractivity contribution < 1.29 is 4.79 Å². The minimum atomic E-state index is -0.278. The van der Waals surface area contributed by atoms with Crippen LogP contribution in [0.2, 0.25) is 0 Å². The smallest absolute Gasteiger partial charge is 0.277 e. The van der Waals surface area contributed by atoms with Crippen LogP contribution in [0.3, 0.4) is 0 Å². The maximum Gasteiger partial charge on any atom is 0.277 e. The highest BCUT2D eigenvalue weighted by molar-refractivity contribution is 7.04. The molecule has 5 heteroatoms. The van der Waals surface area contributed by atoms with Gasteiger partial charge in [0, 0.05) is 11.1 Å². The lowest BCUT2D eigenvalue weighted by Crippen LogP contribution is -2.13. The third-order valence-corrected chi connectivity index (χ3v) is 2.49. The van der Waals surface area contributed by atoms with Gasteiger partial charge < -0.3 is 11.1 Å². The second kappa shape index (κ2) is 4.10. The number of para-hydroxylation sites is 1. The van der Waals surface area contributed by atoms with Crippen LogP contribution in [0.4, 0.5) is 11.4 Å². The molecule has 76 valence electrons. The lowest BCUT2D eigenvalue weighted by Gasteiger charge is -2.02. The molecule has 4 nitrogen and oxygen atoms in total. The Hall–Kier alpha value is -1.88. The van der Waals surface area contributed by atoms with Crippen LogP contribution in [0.5, 0.6) is 0 Å². The van der Waals surface area contributed by atoms with E-state index in [0.717, 1.165) is 5.69 Å². The molecular weight excluding hydrogens is 210 g/mol. The first-order chi connectivity index (χ1) is 7.27. The molecule has 0 aliphatic carbocycles. The number of aromatic nitrogens is 1. The topological polar surface area (TPSA) is 68.0 Å². The molecular formula is C10H9N3OS. The van der Waals surface area contributed by atoms with Crippen LogP contribution < -0.4 is 11.1 Å². The summed E-state index contributed by atoms with van der Waals surface area (Å²) in [5.41, 5.74) is 7.01. The molecule has 15 heavy (non-hydrogen) atoms. The van der Waals surface area contributed by atoms with Crippen LogP contribution in [0.1, 0.15) is 10.5 Å². The minimum Gasteiger partial charge on any atom is -0.396 e. The van der Waals surface area contributed by atoms with Crippen molar-refractivity contribution >= 4 is 28.8 Å². The summed E-state index contributed by atoms with van der Waals surface area (Å²) in [6.45, 7) is 0. The first-order valence-corrected chi connectivity index (χ1v) is 5.17. The number of rotatable bonds is 2. The summed E-state index contributed by atoms with van der Waals surface area (Å²) >= 11 is 1.17. The summed E-state index contributed by atoms with van der Waals surface area (Å²) in [6.07, 6.45) is 0. The molecule has 2 rings (SSSR count). The molecule has 1 aromatic carbocycles. The summed E-state index contributed by atoms with van der Waals surface area (Å²) in [5.74, 6) is -0.278. The SMILES string of the molecule is Nc1csnc1C(=O)Nc1ccccc1. The fourth-order valence-corrected chi connectivity index (χ4v) is 1.70. The van der Waals surface area contributed by atoms with Crippen LogP contribution in [0.25, 0.3) is 0 Å². The van der Waals surface area contributed by atoms with E-state index >= 15 is 0 Å². The van der Waals surface area contributed by atoms with Gasteiger partial charge in [0.25, 0.3) is 5.91 Å². The lowest BCUT2D eigenvalue weighted by molar-refractivity contribution is 0.102. The Morgan fingerprint density at radius 1 is 1.33 bits per heavy atom. The molecule has 2 aromatic rings. The van der Waals surface area contributed by atoms with Gasteiger partial charge in [-0.1, -0.05) is 18.2 Å². The molecule has 0 aliphatic rings. The van der Waals surface area contributed by atoms with E-state index in [0.29, 0.717) is 5.69 Å². The second-order valence-electron chi connectivity index (χ2n) is 2.94. The predicted octanol–water partition coefficient (Wildman–Crippen LogP) is 1.98. The van der Waals surface area contributed by atoms with E-state index in [1.807, 2.05) is 18.2 Å². The molecule has 0 saturated carbocycles. The van der Waals surface area contributed by atoms with E-state index < -0.39 is 0 Å². The van der Waals surface area contributed by atoms with Crippen molar-refractivity contribution in [2.75, 3.05) is 11.1 Å². The van der Waals surface area contributed by atoms with Gasteiger partial charge in [0.1, 0.15) is 0 Å². The molecule has 0 radical (unpaired) electrons. The van der Waals surface area contributed by atoms with Crippen LogP contribution in [-0.2, 0) is 0 Å². The first kappa shape index (κ1) is 9.67. The average Bonchev–Trinajstić information content (AvgIpc) is 2.66. The van der Waals surface area contributed by atoms with Gasteiger partial charge in [0.05, 0.1) is 5.69 Å².